The predicted molar refractivity (Wildman–Crippen MR) is 104 cm³/mol. The van der Waals surface area contributed by atoms with Crippen LogP contribution in [0.2, 0.25) is 0 Å². The molecule has 7 nitrogen and oxygen atoms in total. The van der Waals surface area contributed by atoms with Gasteiger partial charge in [0, 0.05) is 29.3 Å². The monoisotopic (exact) mass is 377 g/mol. The van der Waals surface area contributed by atoms with Crippen LogP contribution < -0.4 is 10.2 Å². The number of nitrogens with one attached hydrogen (secondary N) is 2. The number of carboxylic acid groups (broad SMARTS) is 1. The second kappa shape index (κ2) is 7.19. The number of hydrogen-bond acceptors (Lipinski definition) is 3. The number of H-pyrrole nitrogens is 1. The van der Waals surface area contributed by atoms with Gasteiger partial charge >= 0.3 is 5.97 Å². The van der Waals surface area contributed by atoms with Crippen LogP contribution in [-0.2, 0) is 20.8 Å². The van der Waals surface area contributed by atoms with Crippen molar-refractivity contribution in [2.45, 2.75) is 12.5 Å². The van der Waals surface area contributed by atoms with Crippen molar-refractivity contribution in [2.24, 2.45) is 5.92 Å². The van der Waals surface area contributed by atoms with Gasteiger partial charge in [-0.3, -0.25) is 14.4 Å². The van der Waals surface area contributed by atoms with Crippen LogP contribution in [0.4, 0.5) is 5.69 Å². The van der Waals surface area contributed by atoms with Gasteiger partial charge < -0.3 is 20.3 Å². The molecule has 3 N–H and O–H groups in total. The molecule has 0 bridgehead atoms. The molecule has 0 saturated carbocycles. The fourth-order valence-corrected chi connectivity index (χ4v) is 3.63. The molecule has 1 saturated heterocycles. The topological polar surface area (TPSA) is 103 Å². The van der Waals surface area contributed by atoms with Gasteiger partial charge in [0.15, 0.2) is 0 Å². The number of aromatic amines is 1. The van der Waals surface area contributed by atoms with Gasteiger partial charge in [-0.15, -0.1) is 0 Å². The Kier molecular flexibility index (Phi) is 4.57. The lowest BCUT2D eigenvalue weighted by Gasteiger charge is -2.17. The summed E-state index contributed by atoms with van der Waals surface area (Å²) in [7, 11) is 0. The van der Waals surface area contributed by atoms with E-state index in [2.05, 4.69) is 10.3 Å². The maximum absolute atomic E-state index is 12.8. The minimum atomic E-state index is -1.11. The van der Waals surface area contributed by atoms with E-state index in [1.807, 2.05) is 30.3 Å². The number of para-hydroxylation sites is 2. The first-order valence-corrected chi connectivity index (χ1v) is 8.98. The number of aliphatic carboxylic acids is 1. The molecule has 2 amide bonds. The largest absolute Gasteiger partial charge is 0.481 e. The molecule has 1 aliphatic rings. The first-order chi connectivity index (χ1) is 13.5. The van der Waals surface area contributed by atoms with Gasteiger partial charge in [-0.1, -0.05) is 36.4 Å². The highest BCUT2D eigenvalue weighted by Gasteiger charge is 2.45. The van der Waals surface area contributed by atoms with Crippen LogP contribution in [0.3, 0.4) is 0 Å². The van der Waals surface area contributed by atoms with Crippen LogP contribution >= 0.6 is 0 Å². The average Bonchev–Trinajstić information content (AvgIpc) is 3.24. The Labute approximate surface area is 161 Å². The zero-order valence-corrected chi connectivity index (χ0v) is 15.0. The van der Waals surface area contributed by atoms with Crippen LogP contribution in [0.15, 0.2) is 60.8 Å². The Morgan fingerprint density at radius 1 is 1.11 bits per heavy atom. The molecule has 7 heteroatoms. The number of carbonyl (C=O) groups excluding carboxylic acids is 2. The van der Waals surface area contributed by atoms with Crippen molar-refractivity contribution in [3.05, 3.63) is 66.4 Å². The fraction of sp³-hybridized carbons (Fsp3) is 0.190. The lowest BCUT2D eigenvalue weighted by Crippen LogP contribution is -2.46. The number of nitrogens with zero attached hydrogens (tertiary/aromatic N) is 1. The number of anilines is 1. The quantitative estimate of drug-likeness (QED) is 0.632. The van der Waals surface area contributed by atoms with Gasteiger partial charge in [0.2, 0.25) is 5.91 Å². The molecule has 2 unspecified atom stereocenters. The van der Waals surface area contributed by atoms with Crippen molar-refractivity contribution in [2.75, 3.05) is 11.4 Å². The Bertz CT molecular complexity index is 1040. The average molecular weight is 377 g/mol. The molecule has 0 radical (unpaired) electrons. The first kappa shape index (κ1) is 17.8. The highest BCUT2D eigenvalue weighted by molar-refractivity contribution is 6.05. The number of hydrogen-bond donors (Lipinski definition) is 3. The summed E-state index contributed by atoms with van der Waals surface area (Å²) in [5.74, 6) is -2.90. The summed E-state index contributed by atoms with van der Waals surface area (Å²) in [5.41, 5.74) is 2.33. The van der Waals surface area contributed by atoms with E-state index in [1.54, 1.807) is 30.5 Å². The first-order valence-electron chi connectivity index (χ1n) is 8.98. The minimum Gasteiger partial charge on any atom is -0.481 e. The van der Waals surface area contributed by atoms with E-state index >= 15 is 0 Å². The molecular formula is C21H19N3O4. The third kappa shape index (κ3) is 3.22. The molecule has 2 aromatic carbocycles. The molecule has 1 fully saturated rings. The molecular weight excluding hydrogens is 358 g/mol. The molecule has 0 aliphatic carbocycles. The fourth-order valence-electron chi connectivity index (χ4n) is 3.63. The Balaban J connectivity index is 1.52. The normalized spacial score (nSPS) is 19.1. The van der Waals surface area contributed by atoms with Gasteiger partial charge in [-0.25, -0.2) is 0 Å². The number of benzene rings is 2. The molecule has 2 heterocycles. The van der Waals surface area contributed by atoms with Crippen LogP contribution in [0.25, 0.3) is 10.9 Å². The third-order valence-electron chi connectivity index (χ3n) is 5.04. The number of rotatable bonds is 5. The van der Waals surface area contributed by atoms with Gasteiger partial charge in [0.25, 0.3) is 5.91 Å². The number of amides is 2. The maximum Gasteiger partial charge on any atom is 0.310 e. The van der Waals surface area contributed by atoms with Crippen molar-refractivity contribution >= 4 is 34.4 Å². The Hall–Kier alpha value is -3.61. The Morgan fingerprint density at radius 3 is 2.57 bits per heavy atom. The van der Waals surface area contributed by atoms with Crippen molar-refractivity contribution in [3.8, 4) is 0 Å². The van der Waals surface area contributed by atoms with Gasteiger partial charge in [-0.05, 0) is 23.8 Å². The molecule has 2 atom stereocenters. The second-order valence-corrected chi connectivity index (χ2v) is 6.81. The van der Waals surface area contributed by atoms with Crippen molar-refractivity contribution < 1.29 is 19.5 Å². The van der Waals surface area contributed by atoms with Crippen molar-refractivity contribution in [3.63, 3.8) is 0 Å². The highest BCUT2D eigenvalue weighted by Crippen LogP contribution is 2.26. The second-order valence-electron chi connectivity index (χ2n) is 6.81. The number of carboxylic acids is 1. The lowest BCUT2D eigenvalue weighted by atomic mass is 10.0. The molecule has 4 rings (SSSR count). The van der Waals surface area contributed by atoms with Crippen LogP contribution in [0, 0.1) is 5.92 Å². The molecule has 142 valence electrons. The maximum atomic E-state index is 12.8. The number of carbonyl (C=O) groups is 3. The van der Waals surface area contributed by atoms with Crippen LogP contribution in [-0.4, -0.2) is 40.5 Å². The SMILES string of the molecule is O=C(Cc1c[nH]c2ccccc12)NC1C(=O)N(c2ccccc2)CC1C(=O)O. The minimum absolute atomic E-state index is 0.0240. The van der Waals surface area contributed by atoms with E-state index in [1.165, 1.54) is 4.90 Å². The van der Waals surface area contributed by atoms with Crippen LogP contribution in [0.1, 0.15) is 5.56 Å². The summed E-state index contributed by atoms with van der Waals surface area (Å²) in [6, 6.07) is 15.4. The summed E-state index contributed by atoms with van der Waals surface area (Å²) < 4.78 is 0. The smallest absolute Gasteiger partial charge is 0.310 e. The number of aromatic nitrogens is 1. The van der Waals surface area contributed by atoms with Crippen molar-refractivity contribution in [1.29, 1.82) is 0 Å². The zero-order chi connectivity index (χ0) is 19.7. The summed E-state index contributed by atoms with van der Waals surface area (Å²) in [6.07, 6.45) is 1.82. The molecule has 28 heavy (non-hydrogen) atoms. The summed E-state index contributed by atoms with van der Waals surface area (Å²) >= 11 is 0. The standard InChI is InChI=1S/C21H19N3O4/c25-18(10-13-11-22-17-9-5-4-8-15(13)17)23-19-16(21(27)28)12-24(20(19)26)14-6-2-1-3-7-14/h1-9,11,16,19,22H,10,12H2,(H,23,25)(H,27,28). The number of fused-ring (bicyclic) bond motifs is 1. The molecule has 1 aliphatic heterocycles. The van der Waals surface area contributed by atoms with Gasteiger partial charge in [0.1, 0.15) is 12.0 Å². The van der Waals surface area contributed by atoms with E-state index in [0.717, 1.165) is 16.5 Å². The summed E-state index contributed by atoms with van der Waals surface area (Å²) in [6.45, 7) is 0.0240. The van der Waals surface area contributed by atoms with Gasteiger partial charge in [-0.2, -0.15) is 0 Å². The van der Waals surface area contributed by atoms with E-state index in [-0.39, 0.29) is 18.9 Å². The van der Waals surface area contributed by atoms with Crippen LogP contribution in [0.5, 0.6) is 0 Å². The van der Waals surface area contributed by atoms with Crippen molar-refractivity contribution in [1.82, 2.24) is 10.3 Å². The van der Waals surface area contributed by atoms with E-state index in [0.29, 0.717) is 5.69 Å². The molecule has 1 aromatic heterocycles. The van der Waals surface area contributed by atoms with E-state index in [4.69, 9.17) is 0 Å². The summed E-state index contributed by atoms with van der Waals surface area (Å²) in [5, 5.41) is 13.1. The third-order valence-corrected chi connectivity index (χ3v) is 5.04. The molecule has 0 spiro atoms. The molecule has 3 aromatic rings. The zero-order valence-electron chi connectivity index (χ0n) is 15.0. The predicted octanol–water partition coefficient (Wildman–Crippen LogP) is 1.94. The van der Waals surface area contributed by atoms with E-state index in [9.17, 15) is 19.5 Å². The highest BCUT2D eigenvalue weighted by atomic mass is 16.4. The lowest BCUT2D eigenvalue weighted by molar-refractivity contribution is -0.143. The van der Waals surface area contributed by atoms with E-state index < -0.39 is 23.8 Å². The summed E-state index contributed by atoms with van der Waals surface area (Å²) in [4.78, 5) is 41.6. The Morgan fingerprint density at radius 2 is 1.82 bits per heavy atom. The van der Waals surface area contributed by atoms with Gasteiger partial charge in [0.05, 0.1) is 6.42 Å².